The first-order chi connectivity index (χ1) is 9.68. The van der Waals surface area contributed by atoms with Gasteiger partial charge in [0, 0.05) is 13.1 Å². The van der Waals surface area contributed by atoms with Gasteiger partial charge in [0.15, 0.2) is 0 Å². The highest BCUT2D eigenvalue weighted by Crippen LogP contribution is 2.09. The van der Waals surface area contributed by atoms with Crippen LogP contribution in [0.3, 0.4) is 0 Å². The minimum absolute atomic E-state index is 0.0284. The van der Waals surface area contributed by atoms with Gasteiger partial charge in [-0.2, -0.15) is 0 Å². The average Bonchev–Trinajstić information content (AvgIpc) is 2.53. The van der Waals surface area contributed by atoms with Crippen LogP contribution >= 0.6 is 0 Å². The molecule has 1 aromatic rings. The maximum Gasteiger partial charge on any atom is 0.242 e. The van der Waals surface area contributed by atoms with Crippen molar-refractivity contribution in [2.24, 2.45) is 5.73 Å². The van der Waals surface area contributed by atoms with Crippen molar-refractivity contribution in [2.45, 2.75) is 6.04 Å². The number of ether oxygens (including phenoxy) is 1. The molecule has 1 heterocycles. The maximum atomic E-state index is 11.9. The lowest BCUT2D eigenvalue weighted by molar-refractivity contribution is -0.136. The van der Waals surface area contributed by atoms with Crippen LogP contribution in [0, 0.1) is 0 Å². The number of morpholine rings is 1. The summed E-state index contributed by atoms with van der Waals surface area (Å²) in [5.41, 5.74) is 6.57. The molecule has 6 nitrogen and oxygen atoms in total. The van der Waals surface area contributed by atoms with Gasteiger partial charge >= 0.3 is 0 Å². The normalized spacial score (nSPS) is 16.6. The van der Waals surface area contributed by atoms with E-state index in [1.54, 1.807) is 17.0 Å². The zero-order valence-electron chi connectivity index (χ0n) is 11.2. The van der Waals surface area contributed by atoms with Crippen LogP contribution in [0.25, 0.3) is 0 Å². The number of nitrogens with one attached hydrogen (secondary N) is 1. The Hall–Kier alpha value is -1.92. The molecule has 108 valence electrons. The molecule has 0 saturated carbocycles. The van der Waals surface area contributed by atoms with Crippen molar-refractivity contribution in [1.29, 1.82) is 0 Å². The summed E-state index contributed by atoms with van der Waals surface area (Å²) in [6.07, 6.45) is 0. The molecule has 0 aromatic heterocycles. The Balaban J connectivity index is 1.81. The number of hydrogen-bond donors (Lipinski definition) is 2. The number of hydrogen-bond acceptors (Lipinski definition) is 4. The molecule has 1 aliphatic rings. The Morgan fingerprint density at radius 2 is 1.90 bits per heavy atom. The highest BCUT2D eigenvalue weighted by atomic mass is 16.5. The van der Waals surface area contributed by atoms with E-state index < -0.39 is 6.04 Å². The van der Waals surface area contributed by atoms with E-state index in [0.29, 0.717) is 26.3 Å². The summed E-state index contributed by atoms with van der Waals surface area (Å²) in [6.45, 7) is 2.20. The number of rotatable bonds is 4. The summed E-state index contributed by atoms with van der Waals surface area (Å²) < 4.78 is 5.17. The molecule has 2 amide bonds. The molecule has 1 saturated heterocycles. The SMILES string of the molecule is NC(C(=O)NCC(=O)N1CCOCC1)c1ccccc1. The molecule has 0 bridgehead atoms. The van der Waals surface area contributed by atoms with Gasteiger partial charge in [-0.1, -0.05) is 30.3 Å². The van der Waals surface area contributed by atoms with Gasteiger partial charge in [0.25, 0.3) is 0 Å². The van der Waals surface area contributed by atoms with Crippen LogP contribution in [0.5, 0.6) is 0 Å². The highest BCUT2D eigenvalue weighted by Gasteiger charge is 2.20. The van der Waals surface area contributed by atoms with Crippen molar-refractivity contribution in [3.8, 4) is 0 Å². The number of amides is 2. The van der Waals surface area contributed by atoms with Gasteiger partial charge in [-0.05, 0) is 5.56 Å². The van der Waals surface area contributed by atoms with E-state index in [0.717, 1.165) is 5.56 Å². The minimum atomic E-state index is -0.756. The third-order valence-electron chi connectivity index (χ3n) is 3.22. The Morgan fingerprint density at radius 1 is 1.25 bits per heavy atom. The molecule has 0 spiro atoms. The third kappa shape index (κ3) is 3.79. The zero-order chi connectivity index (χ0) is 14.4. The van der Waals surface area contributed by atoms with Gasteiger partial charge in [-0.15, -0.1) is 0 Å². The second kappa shape index (κ2) is 7.02. The quantitative estimate of drug-likeness (QED) is 0.788. The second-order valence-electron chi connectivity index (χ2n) is 4.60. The number of carbonyl (C=O) groups excluding carboxylic acids is 2. The van der Waals surface area contributed by atoms with Crippen molar-refractivity contribution in [3.63, 3.8) is 0 Å². The van der Waals surface area contributed by atoms with Crippen LogP contribution in [0.2, 0.25) is 0 Å². The third-order valence-corrected chi connectivity index (χ3v) is 3.22. The average molecular weight is 277 g/mol. The fourth-order valence-corrected chi connectivity index (χ4v) is 2.01. The Kier molecular flexibility index (Phi) is 5.09. The van der Waals surface area contributed by atoms with Gasteiger partial charge in [0.1, 0.15) is 6.04 Å². The number of nitrogens with zero attached hydrogens (tertiary/aromatic N) is 1. The van der Waals surface area contributed by atoms with Crippen LogP contribution < -0.4 is 11.1 Å². The van der Waals surface area contributed by atoms with Crippen molar-refractivity contribution >= 4 is 11.8 Å². The van der Waals surface area contributed by atoms with Crippen molar-refractivity contribution in [2.75, 3.05) is 32.8 Å². The second-order valence-corrected chi connectivity index (χ2v) is 4.60. The number of nitrogens with two attached hydrogens (primary N) is 1. The predicted molar refractivity (Wildman–Crippen MR) is 73.8 cm³/mol. The maximum absolute atomic E-state index is 11.9. The Bertz CT molecular complexity index is 458. The smallest absolute Gasteiger partial charge is 0.242 e. The first-order valence-corrected chi connectivity index (χ1v) is 6.62. The van der Waals surface area contributed by atoms with Crippen LogP contribution in [0.15, 0.2) is 30.3 Å². The largest absolute Gasteiger partial charge is 0.378 e. The molecule has 20 heavy (non-hydrogen) atoms. The highest BCUT2D eigenvalue weighted by molar-refractivity contribution is 5.88. The van der Waals surface area contributed by atoms with Crippen LogP contribution in [0.4, 0.5) is 0 Å². The van der Waals surface area contributed by atoms with Crippen molar-refractivity contribution in [1.82, 2.24) is 10.2 Å². The summed E-state index contributed by atoms with van der Waals surface area (Å²) in [7, 11) is 0. The van der Waals surface area contributed by atoms with E-state index in [2.05, 4.69) is 5.32 Å². The topological polar surface area (TPSA) is 84.7 Å². The van der Waals surface area contributed by atoms with Gasteiger partial charge in [-0.3, -0.25) is 9.59 Å². The summed E-state index contributed by atoms with van der Waals surface area (Å²) in [6, 6.07) is 8.31. The van der Waals surface area contributed by atoms with E-state index in [9.17, 15) is 9.59 Å². The lowest BCUT2D eigenvalue weighted by atomic mass is 10.1. The molecule has 2 rings (SSSR count). The summed E-state index contributed by atoms with van der Waals surface area (Å²) in [4.78, 5) is 25.5. The van der Waals surface area contributed by atoms with Gasteiger partial charge in [0.05, 0.1) is 19.8 Å². The molecule has 1 aliphatic heterocycles. The standard InChI is InChI=1S/C14H19N3O3/c15-13(11-4-2-1-3-5-11)14(19)16-10-12(18)17-6-8-20-9-7-17/h1-5,13H,6-10,15H2,(H,16,19). The van der Waals surface area contributed by atoms with Gasteiger partial charge < -0.3 is 20.7 Å². The summed E-state index contributed by atoms with van der Waals surface area (Å²) in [5, 5.41) is 2.58. The van der Waals surface area contributed by atoms with Crippen LogP contribution in [0.1, 0.15) is 11.6 Å². The first kappa shape index (κ1) is 14.5. The van der Waals surface area contributed by atoms with E-state index in [-0.39, 0.29) is 18.4 Å². The molecule has 1 aromatic carbocycles. The van der Waals surface area contributed by atoms with Gasteiger partial charge in [0.2, 0.25) is 11.8 Å². The molecule has 0 aliphatic carbocycles. The Labute approximate surface area is 117 Å². The van der Waals surface area contributed by atoms with Crippen LogP contribution in [-0.4, -0.2) is 49.6 Å². The summed E-state index contributed by atoms with van der Waals surface area (Å²) in [5.74, 6) is -0.459. The summed E-state index contributed by atoms with van der Waals surface area (Å²) >= 11 is 0. The molecule has 6 heteroatoms. The fourth-order valence-electron chi connectivity index (χ4n) is 2.01. The van der Waals surface area contributed by atoms with Crippen molar-refractivity contribution < 1.29 is 14.3 Å². The minimum Gasteiger partial charge on any atom is -0.378 e. The van der Waals surface area contributed by atoms with Crippen molar-refractivity contribution in [3.05, 3.63) is 35.9 Å². The molecule has 1 fully saturated rings. The Morgan fingerprint density at radius 3 is 2.55 bits per heavy atom. The van der Waals surface area contributed by atoms with E-state index in [4.69, 9.17) is 10.5 Å². The molecule has 0 radical (unpaired) electrons. The monoisotopic (exact) mass is 277 g/mol. The molecule has 1 unspecified atom stereocenters. The number of carbonyl (C=O) groups is 2. The molecular formula is C14H19N3O3. The lowest BCUT2D eigenvalue weighted by Gasteiger charge is -2.27. The van der Waals surface area contributed by atoms with E-state index in [1.807, 2.05) is 18.2 Å². The van der Waals surface area contributed by atoms with E-state index in [1.165, 1.54) is 0 Å². The first-order valence-electron chi connectivity index (χ1n) is 6.62. The molecule has 3 N–H and O–H groups in total. The van der Waals surface area contributed by atoms with Gasteiger partial charge in [-0.25, -0.2) is 0 Å². The zero-order valence-corrected chi connectivity index (χ0v) is 11.2. The lowest BCUT2D eigenvalue weighted by Crippen LogP contribution is -2.46. The molecule has 1 atom stereocenters. The number of benzene rings is 1. The molecular weight excluding hydrogens is 258 g/mol. The predicted octanol–water partition coefficient (Wildman–Crippen LogP) is -0.339. The van der Waals surface area contributed by atoms with E-state index >= 15 is 0 Å². The van der Waals surface area contributed by atoms with Crippen LogP contribution in [-0.2, 0) is 14.3 Å². The fraction of sp³-hybridized carbons (Fsp3) is 0.429.